The van der Waals surface area contributed by atoms with E-state index in [-0.39, 0.29) is 17.2 Å². The van der Waals surface area contributed by atoms with Gasteiger partial charge in [-0.05, 0) is 31.3 Å². The highest BCUT2D eigenvalue weighted by molar-refractivity contribution is 7.71. The molecule has 7 heteroatoms. The first-order chi connectivity index (χ1) is 9.63. The lowest BCUT2D eigenvalue weighted by molar-refractivity contribution is 0.0951. The van der Waals surface area contributed by atoms with E-state index in [1.165, 1.54) is 6.07 Å². The number of nitrogens with zero attached hydrogens (tertiary/aromatic N) is 2. The number of aromatic hydroxyl groups is 1. The van der Waals surface area contributed by atoms with Crippen molar-refractivity contribution in [2.75, 3.05) is 6.54 Å². The van der Waals surface area contributed by atoms with Crippen molar-refractivity contribution in [2.24, 2.45) is 0 Å². The van der Waals surface area contributed by atoms with Gasteiger partial charge in [-0.25, -0.2) is 0 Å². The topological polar surface area (TPSA) is 82.9 Å². The maximum Gasteiger partial charge on any atom is 0.255 e. The molecule has 0 unspecified atom stereocenters. The van der Waals surface area contributed by atoms with Crippen molar-refractivity contribution in [2.45, 2.75) is 19.9 Å². The average Bonchev–Trinajstić information content (AvgIpc) is 2.79. The lowest BCUT2D eigenvalue weighted by Crippen LogP contribution is -2.26. The number of aromatic amines is 1. The second-order valence-corrected chi connectivity index (χ2v) is 4.60. The summed E-state index contributed by atoms with van der Waals surface area (Å²) in [4.78, 5) is 11.9. The van der Waals surface area contributed by atoms with E-state index in [0.717, 1.165) is 12.4 Å². The SMILES string of the molecule is CCn1c(CCNC(=O)c2ccccc2O)n[nH]c1=S. The number of phenols is 1. The number of para-hydroxylation sites is 1. The number of aromatic nitrogens is 3. The van der Waals surface area contributed by atoms with Crippen LogP contribution in [0.3, 0.4) is 0 Å². The van der Waals surface area contributed by atoms with Crippen LogP contribution < -0.4 is 5.32 Å². The van der Waals surface area contributed by atoms with Crippen molar-refractivity contribution in [3.8, 4) is 5.75 Å². The molecular weight excluding hydrogens is 276 g/mol. The fourth-order valence-electron chi connectivity index (χ4n) is 1.92. The predicted molar refractivity (Wildman–Crippen MR) is 77.2 cm³/mol. The van der Waals surface area contributed by atoms with Crippen molar-refractivity contribution >= 4 is 18.1 Å². The van der Waals surface area contributed by atoms with Crippen LogP contribution in [0.4, 0.5) is 0 Å². The summed E-state index contributed by atoms with van der Waals surface area (Å²) >= 11 is 5.09. The van der Waals surface area contributed by atoms with Crippen molar-refractivity contribution in [3.63, 3.8) is 0 Å². The summed E-state index contributed by atoms with van der Waals surface area (Å²) in [5.41, 5.74) is 0.266. The van der Waals surface area contributed by atoms with Gasteiger partial charge in [0.05, 0.1) is 5.56 Å². The third kappa shape index (κ3) is 3.05. The number of benzene rings is 1. The van der Waals surface area contributed by atoms with Gasteiger partial charge >= 0.3 is 0 Å². The Morgan fingerprint density at radius 3 is 2.95 bits per heavy atom. The summed E-state index contributed by atoms with van der Waals surface area (Å²) in [7, 11) is 0. The molecule has 3 N–H and O–H groups in total. The number of carbonyl (C=O) groups is 1. The van der Waals surface area contributed by atoms with E-state index in [2.05, 4.69) is 15.5 Å². The number of hydrogen-bond acceptors (Lipinski definition) is 4. The minimum absolute atomic E-state index is 0.0266. The molecule has 1 aromatic heterocycles. The fraction of sp³-hybridized carbons (Fsp3) is 0.308. The molecule has 0 radical (unpaired) electrons. The molecule has 20 heavy (non-hydrogen) atoms. The van der Waals surface area contributed by atoms with Crippen molar-refractivity contribution in [1.29, 1.82) is 0 Å². The first kappa shape index (κ1) is 14.3. The Labute approximate surface area is 121 Å². The Kier molecular flexibility index (Phi) is 4.52. The van der Waals surface area contributed by atoms with Gasteiger partial charge < -0.3 is 15.0 Å². The zero-order chi connectivity index (χ0) is 14.5. The molecule has 2 rings (SSSR count). The molecule has 0 atom stereocenters. The van der Waals surface area contributed by atoms with Gasteiger partial charge in [-0.1, -0.05) is 12.1 Å². The quantitative estimate of drug-likeness (QED) is 0.732. The van der Waals surface area contributed by atoms with Crippen molar-refractivity contribution < 1.29 is 9.90 Å². The second-order valence-electron chi connectivity index (χ2n) is 4.21. The van der Waals surface area contributed by atoms with Gasteiger partial charge in [-0.2, -0.15) is 5.10 Å². The molecule has 0 spiro atoms. The van der Waals surface area contributed by atoms with Crippen LogP contribution in [-0.2, 0) is 13.0 Å². The van der Waals surface area contributed by atoms with Gasteiger partial charge in [0.15, 0.2) is 4.77 Å². The summed E-state index contributed by atoms with van der Waals surface area (Å²) in [6, 6.07) is 6.44. The molecule has 1 aromatic carbocycles. The number of carbonyl (C=O) groups excluding carboxylic acids is 1. The molecule has 0 saturated heterocycles. The van der Waals surface area contributed by atoms with Gasteiger partial charge in [0.1, 0.15) is 11.6 Å². The molecule has 0 aliphatic carbocycles. The molecule has 0 bridgehead atoms. The molecule has 2 aromatic rings. The van der Waals surface area contributed by atoms with Crippen LogP contribution in [0.2, 0.25) is 0 Å². The minimum atomic E-state index is -0.305. The number of amides is 1. The van der Waals surface area contributed by atoms with Gasteiger partial charge in [0, 0.05) is 19.5 Å². The van der Waals surface area contributed by atoms with Crippen LogP contribution in [0.1, 0.15) is 23.1 Å². The summed E-state index contributed by atoms with van der Waals surface area (Å²) in [5, 5.41) is 19.2. The third-order valence-electron chi connectivity index (χ3n) is 2.94. The maximum atomic E-state index is 11.9. The molecule has 0 aliphatic heterocycles. The zero-order valence-electron chi connectivity index (χ0n) is 11.1. The normalized spacial score (nSPS) is 10.4. The Balaban J connectivity index is 1.95. The Morgan fingerprint density at radius 2 is 2.25 bits per heavy atom. The Bertz CT molecular complexity index is 662. The second kappa shape index (κ2) is 6.33. The van der Waals surface area contributed by atoms with Gasteiger partial charge in [-0.3, -0.25) is 9.89 Å². The van der Waals surface area contributed by atoms with Crippen molar-refractivity contribution in [1.82, 2.24) is 20.1 Å². The van der Waals surface area contributed by atoms with Crippen LogP contribution >= 0.6 is 12.2 Å². The number of rotatable bonds is 5. The van der Waals surface area contributed by atoms with Crippen LogP contribution in [0.25, 0.3) is 0 Å². The van der Waals surface area contributed by atoms with Crippen LogP contribution in [0.15, 0.2) is 24.3 Å². The molecule has 0 aliphatic rings. The first-order valence-corrected chi connectivity index (χ1v) is 6.74. The lowest BCUT2D eigenvalue weighted by atomic mass is 10.2. The summed E-state index contributed by atoms with van der Waals surface area (Å²) in [6.45, 7) is 3.14. The highest BCUT2D eigenvalue weighted by atomic mass is 32.1. The number of nitrogens with one attached hydrogen (secondary N) is 2. The fourth-order valence-corrected chi connectivity index (χ4v) is 2.20. The molecule has 106 valence electrons. The van der Waals surface area contributed by atoms with Gasteiger partial charge in [0.2, 0.25) is 0 Å². The number of hydrogen-bond donors (Lipinski definition) is 3. The lowest BCUT2D eigenvalue weighted by Gasteiger charge is -2.07. The Hall–Kier alpha value is -2.15. The van der Waals surface area contributed by atoms with Crippen molar-refractivity contribution in [3.05, 3.63) is 40.4 Å². The van der Waals surface area contributed by atoms with E-state index in [4.69, 9.17) is 12.2 Å². The molecule has 1 heterocycles. The minimum Gasteiger partial charge on any atom is -0.507 e. The van der Waals surface area contributed by atoms with Crippen LogP contribution in [0, 0.1) is 4.77 Å². The van der Waals surface area contributed by atoms with Crippen LogP contribution in [0.5, 0.6) is 5.75 Å². The number of phenolic OH excluding ortho intramolecular Hbond substituents is 1. The summed E-state index contributed by atoms with van der Waals surface area (Å²) in [5.74, 6) is 0.469. The molecule has 0 saturated carbocycles. The Morgan fingerprint density at radius 1 is 1.50 bits per heavy atom. The molecule has 1 amide bonds. The molecule has 0 fully saturated rings. The average molecular weight is 292 g/mol. The van der Waals surface area contributed by atoms with E-state index < -0.39 is 0 Å². The smallest absolute Gasteiger partial charge is 0.255 e. The van der Waals surface area contributed by atoms with E-state index in [9.17, 15) is 9.90 Å². The predicted octanol–water partition coefficient (Wildman–Crippen LogP) is 1.64. The van der Waals surface area contributed by atoms with E-state index in [0.29, 0.717) is 17.7 Å². The van der Waals surface area contributed by atoms with E-state index in [1.807, 2.05) is 11.5 Å². The third-order valence-corrected chi connectivity index (χ3v) is 3.25. The highest BCUT2D eigenvalue weighted by Crippen LogP contribution is 2.14. The molecule has 6 nitrogen and oxygen atoms in total. The monoisotopic (exact) mass is 292 g/mol. The van der Waals surface area contributed by atoms with Gasteiger partial charge in [-0.15, -0.1) is 0 Å². The maximum absolute atomic E-state index is 11.9. The standard InChI is InChI=1S/C13H16N4O2S/c1-2-17-11(15-16-13(17)20)7-8-14-12(19)9-5-3-4-6-10(9)18/h3-6,18H,2,7-8H2,1H3,(H,14,19)(H,16,20). The highest BCUT2D eigenvalue weighted by Gasteiger charge is 2.10. The van der Waals surface area contributed by atoms with E-state index >= 15 is 0 Å². The summed E-state index contributed by atoms with van der Waals surface area (Å²) in [6.07, 6.45) is 0.570. The van der Waals surface area contributed by atoms with Crippen LogP contribution in [-0.4, -0.2) is 32.3 Å². The van der Waals surface area contributed by atoms with E-state index in [1.54, 1.807) is 18.2 Å². The number of H-pyrrole nitrogens is 1. The summed E-state index contributed by atoms with van der Waals surface area (Å²) < 4.78 is 2.45. The van der Waals surface area contributed by atoms with Gasteiger partial charge in [0.25, 0.3) is 5.91 Å². The largest absolute Gasteiger partial charge is 0.507 e. The molecular formula is C13H16N4O2S. The first-order valence-electron chi connectivity index (χ1n) is 6.33. The zero-order valence-corrected chi connectivity index (χ0v) is 11.9.